The molecule has 2 aromatic heterocycles. The Morgan fingerprint density at radius 2 is 2.27 bits per heavy atom. The minimum atomic E-state index is 0.607. The Morgan fingerprint density at radius 1 is 1.33 bits per heavy atom. The standard InChI is InChI=1S/C11H14N2O2/c12-5-1-3-9-8-15-11(13-9)7-10-4-2-6-14-10/h2,4,6,8H,1,3,5,7,12H2. The first-order valence-corrected chi connectivity index (χ1v) is 5.04. The third-order valence-electron chi connectivity index (χ3n) is 2.14. The van der Waals surface area contributed by atoms with Gasteiger partial charge in [-0.25, -0.2) is 4.98 Å². The zero-order chi connectivity index (χ0) is 10.5. The van der Waals surface area contributed by atoms with Gasteiger partial charge in [-0.1, -0.05) is 0 Å². The molecule has 0 saturated heterocycles. The van der Waals surface area contributed by atoms with Gasteiger partial charge in [0.2, 0.25) is 5.89 Å². The van der Waals surface area contributed by atoms with Crippen molar-refractivity contribution in [1.82, 2.24) is 4.98 Å². The predicted molar refractivity (Wildman–Crippen MR) is 55.4 cm³/mol. The first kappa shape index (κ1) is 9.98. The fourth-order valence-corrected chi connectivity index (χ4v) is 1.39. The van der Waals surface area contributed by atoms with Crippen molar-refractivity contribution >= 4 is 0 Å². The summed E-state index contributed by atoms with van der Waals surface area (Å²) in [6.07, 6.45) is 5.75. The van der Waals surface area contributed by atoms with Gasteiger partial charge in [0.05, 0.1) is 18.4 Å². The molecule has 0 spiro atoms. The molecule has 80 valence electrons. The van der Waals surface area contributed by atoms with E-state index in [9.17, 15) is 0 Å². The molecule has 2 heterocycles. The van der Waals surface area contributed by atoms with E-state index in [1.54, 1.807) is 12.5 Å². The van der Waals surface area contributed by atoms with Crippen molar-refractivity contribution in [2.75, 3.05) is 6.54 Å². The van der Waals surface area contributed by atoms with Crippen LogP contribution in [-0.4, -0.2) is 11.5 Å². The summed E-state index contributed by atoms with van der Waals surface area (Å²) in [5.74, 6) is 1.55. The monoisotopic (exact) mass is 206 g/mol. The van der Waals surface area contributed by atoms with Crippen LogP contribution in [0.25, 0.3) is 0 Å². The third kappa shape index (κ3) is 2.70. The number of aryl methyl sites for hydroxylation is 1. The number of oxazole rings is 1. The van der Waals surface area contributed by atoms with Gasteiger partial charge in [-0.15, -0.1) is 0 Å². The molecule has 0 aliphatic carbocycles. The molecule has 0 radical (unpaired) electrons. The van der Waals surface area contributed by atoms with Crippen LogP contribution in [0, 0.1) is 0 Å². The van der Waals surface area contributed by atoms with Crippen molar-refractivity contribution < 1.29 is 8.83 Å². The molecule has 4 heteroatoms. The predicted octanol–water partition coefficient (Wildman–Crippen LogP) is 1.75. The van der Waals surface area contributed by atoms with Crippen LogP contribution in [0.1, 0.15) is 23.8 Å². The maximum absolute atomic E-state index is 5.42. The lowest BCUT2D eigenvalue weighted by molar-refractivity contribution is 0.464. The van der Waals surface area contributed by atoms with Gasteiger partial charge in [0, 0.05) is 0 Å². The van der Waals surface area contributed by atoms with Crippen molar-refractivity contribution in [3.05, 3.63) is 42.0 Å². The van der Waals surface area contributed by atoms with Crippen LogP contribution in [0.4, 0.5) is 0 Å². The molecular weight excluding hydrogens is 192 g/mol. The maximum atomic E-state index is 5.42. The minimum Gasteiger partial charge on any atom is -0.469 e. The summed E-state index contributed by atoms with van der Waals surface area (Å²) in [7, 11) is 0. The molecule has 2 aromatic rings. The summed E-state index contributed by atoms with van der Waals surface area (Å²) >= 11 is 0. The Kier molecular flexibility index (Phi) is 3.19. The average Bonchev–Trinajstić information content (AvgIpc) is 2.87. The van der Waals surface area contributed by atoms with E-state index in [4.69, 9.17) is 14.6 Å². The van der Waals surface area contributed by atoms with Gasteiger partial charge in [-0.2, -0.15) is 0 Å². The fourth-order valence-electron chi connectivity index (χ4n) is 1.39. The number of hydrogen-bond donors (Lipinski definition) is 1. The second-order valence-corrected chi connectivity index (χ2v) is 3.38. The molecule has 2 N–H and O–H groups in total. The molecule has 2 rings (SSSR count). The van der Waals surface area contributed by atoms with Gasteiger partial charge in [-0.05, 0) is 31.5 Å². The molecule has 4 nitrogen and oxygen atoms in total. The molecular formula is C11H14N2O2. The normalized spacial score (nSPS) is 10.7. The van der Waals surface area contributed by atoms with E-state index < -0.39 is 0 Å². The Bertz CT molecular complexity index is 392. The van der Waals surface area contributed by atoms with Crippen LogP contribution in [0.5, 0.6) is 0 Å². The Hall–Kier alpha value is -1.55. The third-order valence-corrected chi connectivity index (χ3v) is 2.14. The number of rotatable bonds is 5. The van der Waals surface area contributed by atoms with Crippen LogP contribution in [0.2, 0.25) is 0 Å². The SMILES string of the molecule is NCCCc1coc(Cc2ccco2)n1. The number of furan rings is 1. The van der Waals surface area contributed by atoms with Gasteiger partial charge in [0.15, 0.2) is 0 Å². The lowest BCUT2D eigenvalue weighted by atomic mass is 10.2. The van der Waals surface area contributed by atoms with Crippen LogP contribution in [0.3, 0.4) is 0 Å². The summed E-state index contributed by atoms with van der Waals surface area (Å²) in [6.45, 7) is 0.681. The molecule has 0 atom stereocenters. The maximum Gasteiger partial charge on any atom is 0.201 e. The number of nitrogens with zero attached hydrogens (tertiary/aromatic N) is 1. The number of nitrogens with two attached hydrogens (primary N) is 1. The van der Waals surface area contributed by atoms with E-state index >= 15 is 0 Å². The number of aromatic nitrogens is 1. The summed E-state index contributed by atoms with van der Waals surface area (Å²) in [6, 6.07) is 3.76. The van der Waals surface area contributed by atoms with E-state index in [2.05, 4.69) is 4.98 Å². The molecule has 0 aliphatic heterocycles. The molecule has 0 aliphatic rings. The highest BCUT2D eigenvalue weighted by atomic mass is 16.3. The van der Waals surface area contributed by atoms with E-state index in [1.807, 2.05) is 12.1 Å². The molecule has 0 unspecified atom stereocenters. The molecule has 15 heavy (non-hydrogen) atoms. The van der Waals surface area contributed by atoms with Crippen LogP contribution in [-0.2, 0) is 12.8 Å². The highest BCUT2D eigenvalue weighted by Crippen LogP contribution is 2.10. The van der Waals surface area contributed by atoms with Crippen molar-refractivity contribution in [2.24, 2.45) is 5.73 Å². The van der Waals surface area contributed by atoms with Crippen LogP contribution < -0.4 is 5.73 Å². The van der Waals surface area contributed by atoms with Crippen molar-refractivity contribution in [3.63, 3.8) is 0 Å². The highest BCUT2D eigenvalue weighted by molar-refractivity contribution is 5.06. The second-order valence-electron chi connectivity index (χ2n) is 3.38. The van der Waals surface area contributed by atoms with Crippen LogP contribution in [0.15, 0.2) is 33.5 Å². The quantitative estimate of drug-likeness (QED) is 0.809. The number of hydrogen-bond acceptors (Lipinski definition) is 4. The van der Waals surface area contributed by atoms with Gasteiger partial charge < -0.3 is 14.6 Å². The minimum absolute atomic E-state index is 0.607. The molecule has 0 aromatic carbocycles. The van der Waals surface area contributed by atoms with E-state index in [0.29, 0.717) is 18.9 Å². The Labute approximate surface area is 88.1 Å². The van der Waals surface area contributed by atoms with E-state index in [1.165, 1.54) is 0 Å². The molecule has 0 bridgehead atoms. The van der Waals surface area contributed by atoms with Crippen molar-refractivity contribution in [1.29, 1.82) is 0 Å². The van der Waals surface area contributed by atoms with Gasteiger partial charge in [-0.3, -0.25) is 0 Å². The van der Waals surface area contributed by atoms with Gasteiger partial charge >= 0.3 is 0 Å². The Balaban J connectivity index is 1.95. The average molecular weight is 206 g/mol. The van der Waals surface area contributed by atoms with E-state index in [0.717, 1.165) is 24.3 Å². The summed E-state index contributed by atoms with van der Waals surface area (Å²) in [4.78, 5) is 4.34. The molecule has 0 amide bonds. The van der Waals surface area contributed by atoms with E-state index in [-0.39, 0.29) is 0 Å². The smallest absolute Gasteiger partial charge is 0.201 e. The molecule has 0 fully saturated rings. The second kappa shape index (κ2) is 4.79. The molecule has 0 saturated carbocycles. The summed E-state index contributed by atoms with van der Waals surface area (Å²) in [5.41, 5.74) is 6.38. The first-order chi connectivity index (χ1) is 7.38. The first-order valence-electron chi connectivity index (χ1n) is 5.04. The summed E-state index contributed by atoms with van der Waals surface area (Å²) < 4.78 is 10.5. The van der Waals surface area contributed by atoms with Gasteiger partial charge in [0.25, 0.3) is 0 Å². The van der Waals surface area contributed by atoms with Crippen LogP contribution >= 0.6 is 0 Å². The lowest BCUT2D eigenvalue weighted by Crippen LogP contribution is -2.00. The van der Waals surface area contributed by atoms with Gasteiger partial charge in [0.1, 0.15) is 12.0 Å². The zero-order valence-corrected chi connectivity index (χ0v) is 8.48. The highest BCUT2D eigenvalue weighted by Gasteiger charge is 2.06. The lowest BCUT2D eigenvalue weighted by Gasteiger charge is -1.91. The zero-order valence-electron chi connectivity index (χ0n) is 8.48. The van der Waals surface area contributed by atoms with Crippen molar-refractivity contribution in [2.45, 2.75) is 19.3 Å². The fraction of sp³-hybridized carbons (Fsp3) is 0.364. The topological polar surface area (TPSA) is 65.2 Å². The Morgan fingerprint density at radius 3 is 3.00 bits per heavy atom. The largest absolute Gasteiger partial charge is 0.469 e. The summed E-state index contributed by atoms with van der Waals surface area (Å²) in [5, 5.41) is 0. The van der Waals surface area contributed by atoms with Crippen molar-refractivity contribution in [3.8, 4) is 0 Å².